The maximum atomic E-state index is 13.8. The minimum atomic E-state index is -0.280. The van der Waals surface area contributed by atoms with E-state index in [4.69, 9.17) is 9.52 Å². The molecule has 5 aromatic rings. The number of hydrogen-bond donors (Lipinski definition) is 1. The number of carbonyl (C=O) groups is 2. The number of nitrogens with one attached hydrogen (secondary N) is 1. The zero-order valence-corrected chi connectivity index (χ0v) is 23.7. The Hall–Kier alpha value is -4.56. The molecule has 1 aliphatic heterocycles. The molecule has 0 aliphatic carbocycles. The third-order valence-electron chi connectivity index (χ3n) is 7.10. The van der Waals surface area contributed by atoms with Crippen LogP contribution in [-0.2, 0) is 16.1 Å². The van der Waals surface area contributed by atoms with Crippen molar-refractivity contribution in [1.82, 2.24) is 15.1 Å². The Kier molecular flexibility index (Phi) is 7.48. The highest BCUT2D eigenvalue weighted by Crippen LogP contribution is 2.48. The van der Waals surface area contributed by atoms with E-state index in [9.17, 15) is 9.59 Å². The minimum absolute atomic E-state index is 0.139. The Labute approximate surface area is 243 Å². The first-order valence-electron chi connectivity index (χ1n) is 13.5. The standard InChI is InChI=1S/C33H30N4O3S/c1-22-13-15-26(16-14-22)37-33-30(31(35-37)24-9-4-3-5-10-24)32(25-11-6-8-23(2)18-25)41-21-29(39)36(33)20-28(38)34-19-27-12-7-17-40-27/h3-18,32H,19-21H2,1-2H3,(H,34,38). The molecule has 3 heterocycles. The van der Waals surface area contributed by atoms with Gasteiger partial charge >= 0.3 is 0 Å². The first-order valence-corrected chi connectivity index (χ1v) is 14.6. The molecule has 0 fully saturated rings. The van der Waals surface area contributed by atoms with E-state index in [-0.39, 0.29) is 35.9 Å². The topological polar surface area (TPSA) is 80.4 Å². The Bertz CT molecular complexity index is 1680. The van der Waals surface area contributed by atoms with Crippen LogP contribution in [0, 0.1) is 13.8 Å². The molecule has 3 aromatic carbocycles. The number of aromatic nitrogens is 2. The first-order chi connectivity index (χ1) is 20.0. The van der Waals surface area contributed by atoms with Crippen LogP contribution in [0.3, 0.4) is 0 Å². The summed E-state index contributed by atoms with van der Waals surface area (Å²) in [5.41, 5.74) is 6.82. The van der Waals surface area contributed by atoms with Crippen molar-refractivity contribution in [3.8, 4) is 16.9 Å². The van der Waals surface area contributed by atoms with Crippen LogP contribution < -0.4 is 10.2 Å². The second kappa shape index (κ2) is 11.5. The van der Waals surface area contributed by atoms with E-state index in [0.29, 0.717) is 11.6 Å². The summed E-state index contributed by atoms with van der Waals surface area (Å²) in [6.45, 7) is 4.21. The second-order valence-electron chi connectivity index (χ2n) is 10.1. The third-order valence-corrected chi connectivity index (χ3v) is 8.36. The van der Waals surface area contributed by atoms with Crippen molar-refractivity contribution in [2.24, 2.45) is 0 Å². The Morgan fingerprint density at radius 1 is 0.976 bits per heavy atom. The van der Waals surface area contributed by atoms with E-state index in [1.54, 1.807) is 35.1 Å². The maximum Gasteiger partial charge on any atom is 0.240 e. The van der Waals surface area contributed by atoms with Crippen LogP contribution in [0.1, 0.15) is 33.3 Å². The highest BCUT2D eigenvalue weighted by atomic mass is 32.2. The van der Waals surface area contributed by atoms with Gasteiger partial charge < -0.3 is 9.73 Å². The van der Waals surface area contributed by atoms with Gasteiger partial charge in [0.15, 0.2) is 0 Å². The van der Waals surface area contributed by atoms with Crippen LogP contribution in [-0.4, -0.2) is 33.9 Å². The highest BCUT2D eigenvalue weighted by molar-refractivity contribution is 8.00. The molecule has 41 heavy (non-hydrogen) atoms. The average molecular weight is 563 g/mol. The summed E-state index contributed by atoms with van der Waals surface area (Å²) >= 11 is 1.57. The summed E-state index contributed by atoms with van der Waals surface area (Å²) in [5.74, 6) is 1.06. The molecule has 1 atom stereocenters. The van der Waals surface area contributed by atoms with Crippen LogP contribution in [0.2, 0.25) is 0 Å². The van der Waals surface area contributed by atoms with Gasteiger partial charge in [0.2, 0.25) is 11.8 Å². The van der Waals surface area contributed by atoms with Crippen LogP contribution in [0.5, 0.6) is 0 Å². The van der Waals surface area contributed by atoms with Gasteiger partial charge in [-0.3, -0.25) is 14.5 Å². The number of hydrogen-bond acceptors (Lipinski definition) is 5. The van der Waals surface area contributed by atoms with E-state index in [1.165, 1.54) is 0 Å². The normalized spacial score (nSPS) is 14.9. The Morgan fingerprint density at radius 2 is 1.78 bits per heavy atom. The molecule has 0 radical (unpaired) electrons. The van der Waals surface area contributed by atoms with Gasteiger partial charge in [-0.05, 0) is 43.7 Å². The van der Waals surface area contributed by atoms with Gasteiger partial charge in [0.05, 0.1) is 35.2 Å². The van der Waals surface area contributed by atoms with Crippen LogP contribution in [0.4, 0.5) is 5.82 Å². The molecular weight excluding hydrogens is 532 g/mol. The molecular formula is C33H30N4O3S. The lowest BCUT2D eigenvalue weighted by molar-refractivity contribution is -0.123. The highest BCUT2D eigenvalue weighted by Gasteiger charge is 2.37. The van der Waals surface area contributed by atoms with Gasteiger partial charge in [0.25, 0.3) is 0 Å². The van der Waals surface area contributed by atoms with E-state index in [1.807, 2.05) is 72.3 Å². The molecule has 2 amide bonds. The van der Waals surface area contributed by atoms with E-state index < -0.39 is 0 Å². The summed E-state index contributed by atoms with van der Waals surface area (Å²) in [6.07, 6.45) is 1.57. The predicted molar refractivity (Wildman–Crippen MR) is 162 cm³/mol. The van der Waals surface area contributed by atoms with Gasteiger partial charge in [-0.15, -0.1) is 11.8 Å². The van der Waals surface area contributed by atoms with Gasteiger partial charge in [-0.2, -0.15) is 5.10 Å². The van der Waals surface area contributed by atoms with Gasteiger partial charge in [0.1, 0.15) is 18.1 Å². The summed E-state index contributed by atoms with van der Waals surface area (Å²) in [6, 6.07) is 30.0. The smallest absolute Gasteiger partial charge is 0.240 e. The lowest BCUT2D eigenvalue weighted by atomic mass is 9.98. The predicted octanol–water partition coefficient (Wildman–Crippen LogP) is 6.23. The summed E-state index contributed by atoms with van der Waals surface area (Å²) in [4.78, 5) is 28.7. The monoisotopic (exact) mass is 562 g/mol. The fourth-order valence-electron chi connectivity index (χ4n) is 5.09. The van der Waals surface area contributed by atoms with E-state index >= 15 is 0 Å². The van der Waals surface area contributed by atoms with Crippen molar-refractivity contribution in [3.63, 3.8) is 0 Å². The lowest BCUT2D eigenvalue weighted by Crippen LogP contribution is -2.42. The number of carbonyl (C=O) groups excluding carboxylic acids is 2. The first kappa shape index (κ1) is 26.7. The number of anilines is 1. The van der Waals surface area contributed by atoms with Crippen LogP contribution >= 0.6 is 11.8 Å². The SMILES string of the molecule is Cc1ccc(-n2nc(-c3ccccc3)c3c2N(CC(=O)NCc2ccco2)C(=O)CSC3c2cccc(C)c2)cc1. The fraction of sp³-hybridized carbons (Fsp3) is 0.182. The summed E-state index contributed by atoms with van der Waals surface area (Å²) < 4.78 is 7.19. The van der Waals surface area contributed by atoms with Crippen molar-refractivity contribution in [1.29, 1.82) is 0 Å². The number of fused-ring (bicyclic) bond motifs is 1. The zero-order chi connectivity index (χ0) is 28.3. The number of benzene rings is 3. The molecule has 1 N–H and O–H groups in total. The number of thioether (sulfide) groups is 1. The molecule has 8 heteroatoms. The number of furan rings is 1. The van der Waals surface area contributed by atoms with E-state index in [2.05, 4.69) is 30.4 Å². The molecule has 6 rings (SSSR count). The van der Waals surface area contributed by atoms with Crippen molar-refractivity contribution in [2.45, 2.75) is 25.6 Å². The molecule has 7 nitrogen and oxygen atoms in total. The zero-order valence-electron chi connectivity index (χ0n) is 22.9. The quantitative estimate of drug-likeness (QED) is 0.254. The molecule has 0 saturated heterocycles. The molecule has 0 bridgehead atoms. The van der Waals surface area contributed by atoms with Crippen molar-refractivity contribution in [2.75, 3.05) is 17.2 Å². The van der Waals surface area contributed by atoms with Gasteiger partial charge in [-0.1, -0.05) is 77.9 Å². The van der Waals surface area contributed by atoms with Crippen molar-refractivity contribution >= 4 is 29.4 Å². The van der Waals surface area contributed by atoms with Crippen molar-refractivity contribution in [3.05, 3.63) is 125 Å². The second-order valence-corrected chi connectivity index (χ2v) is 11.2. The maximum absolute atomic E-state index is 13.8. The molecule has 206 valence electrons. The van der Waals surface area contributed by atoms with Gasteiger partial charge in [-0.25, -0.2) is 4.68 Å². The Balaban J connectivity index is 1.53. The largest absolute Gasteiger partial charge is 0.467 e. The number of nitrogens with zero attached hydrogens (tertiary/aromatic N) is 3. The number of amides is 2. The number of aryl methyl sites for hydroxylation is 2. The van der Waals surface area contributed by atoms with Crippen LogP contribution in [0.25, 0.3) is 16.9 Å². The summed E-state index contributed by atoms with van der Waals surface area (Å²) in [7, 11) is 0. The third kappa shape index (κ3) is 5.56. The molecule has 0 spiro atoms. The minimum Gasteiger partial charge on any atom is -0.467 e. The molecule has 1 aliphatic rings. The summed E-state index contributed by atoms with van der Waals surface area (Å²) in [5, 5.41) is 7.87. The fourth-order valence-corrected chi connectivity index (χ4v) is 6.28. The molecule has 0 saturated carbocycles. The number of rotatable bonds is 7. The molecule has 1 unspecified atom stereocenters. The van der Waals surface area contributed by atoms with Gasteiger partial charge in [0, 0.05) is 11.1 Å². The molecule has 2 aromatic heterocycles. The average Bonchev–Trinajstić information content (AvgIpc) is 3.62. The Morgan fingerprint density at radius 3 is 2.51 bits per heavy atom. The van der Waals surface area contributed by atoms with Crippen LogP contribution in [0.15, 0.2) is 102 Å². The lowest BCUT2D eigenvalue weighted by Gasteiger charge is -2.23. The van der Waals surface area contributed by atoms with Crippen molar-refractivity contribution < 1.29 is 14.0 Å². The van der Waals surface area contributed by atoms with E-state index in [0.717, 1.165) is 39.2 Å².